The van der Waals surface area contributed by atoms with Crippen molar-refractivity contribution in [3.63, 3.8) is 0 Å². The average Bonchev–Trinajstić information content (AvgIpc) is 3.01. The van der Waals surface area contributed by atoms with Gasteiger partial charge in [0.25, 0.3) is 5.91 Å². The van der Waals surface area contributed by atoms with E-state index in [1.807, 2.05) is 38.1 Å². The highest BCUT2D eigenvalue weighted by atomic mass is 16.5. The Labute approximate surface area is 142 Å². The SMILES string of the molecule is COc1ccc(-c2cc(C(=O)NCC(C)(C)CC(C)O)[nH]n2)cc1. The predicted molar refractivity (Wildman–Crippen MR) is 93.0 cm³/mol. The van der Waals surface area contributed by atoms with Gasteiger partial charge in [0, 0.05) is 12.1 Å². The van der Waals surface area contributed by atoms with Crippen molar-refractivity contribution in [1.82, 2.24) is 15.5 Å². The first kappa shape index (κ1) is 18.0. The highest BCUT2D eigenvalue weighted by Crippen LogP contribution is 2.22. The van der Waals surface area contributed by atoms with Crippen LogP contribution in [0.4, 0.5) is 0 Å². The second-order valence-corrected chi connectivity index (χ2v) is 6.80. The molecule has 130 valence electrons. The van der Waals surface area contributed by atoms with Crippen LogP contribution in [-0.4, -0.2) is 41.0 Å². The minimum Gasteiger partial charge on any atom is -0.497 e. The predicted octanol–water partition coefficient (Wildman–Crippen LogP) is 2.61. The number of aliphatic hydroxyl groups excluding tert-OH is 1. The molecular weight excluding hydrogens is 306 g/mol. The van der Waals surface area contributed by atoms with Crippen molar-refractivity contribution in [1.29, 1.82) is 0 Å². The molecule has 1 amide bonds. The number of rotatable bonds is 7. The Morgan fingerprint density at radius 3 is 2.62 bits per heavy atom. The van der Waals surface area contributed by atoms with E-state index in [9.17, 15) is 9.90 Å². The van der Waals surface area contributed by atoms with Crippen LogP contribution in [-0.2, 0) is 0 Å². The number of amides is 1. The summed E-state index contributed by atoms with van der Waals surface area (Å²) in [7, 11) is 1.62. The molecule has 0 aliphatic rings. The molecule has 24 heavy (non-hydrogen) atoms. The maximum absolute atomic E-state index is 12.3. The zero-order chi connectivity index (χ0) is 17.7. The molecule has 1 unspecified atom stereocenters. The van der Waals surface area contributed by atoms with Gasteiger partial charge in [-0.05, 0) is 49.1 Å². The van der Waals surface area contributed by atoms with Gasteiger partial charge < -0.3 is 15.2 Å². The van der Waals surface area contributed by atoms with E-state index in [0.29, 0.717) is 24.4 Å². The molecule has 0 bridgehead atoms. The second-order valence-electron chi connectivity index (χ2n) is 6.80. The number of H-pyrrole nitrogens is 1. The highest BCUT2D eigenvalue weighted by molar-refractivity contribution is 5.93. The van der Waals surface area contributed by atoms with Crippen molar-refractivity contribution < 1.29 is 14.6 Å². The smallest absolute Gasteiger partial charge is 0.269 e. The standard InChI is InChI=1S/C18H25N3O3/c1-12(22)10-18(2,3)11-19-17(23)16-9-15(20-21-16)13-5-7-14(24-4)8-6-13/h5-9,12,22H,10-11H2,1-4H3,(H,19,23)(H,20,21). The Kier molecular flexibility index (Phi) is 5.62. The molecule has 0 saturated heterocycles. The van der Waals surface area contributed by atoms with Crippen molar-refractivity contribution in [2.45, 2.75) is 33.3 Å². The van der Waals surface area contributed by atoms with E-state index in [4.69, 9.17) is 4.74 Å². The molecule has 6 nitrogen and oxygen atoms in total. The third-order valence-corrected chi connectivity index (χ3v) is 3.78. The van der Waals surface area contributed by atoms with Crippen LogP contribution in [0.3, 0.4) is 0 Å². The largest absolute Gasteiger partial charge is 0.497 e. The van der Waals surface area contributed by atoms with Gasteiger partial charge in [-0.2, -0.15) is 5.10 Å². The molecule has 0 saturated carbocycles. The van der Waals surface area contributed by atoms with Crippen molar-refractivity contribution in [2.24, 2.45) is 5.41 Å². The zero-order valence-electron chi connectivity index (χ0n) is 14.6. The summed E-state index contributed by atoms with van der Waals surface area (Å²) < 4.78 is 5.13. The van der Waals surface area contributed by atoms with Gasteiger partial charge in [-0.15, -0.1) is 0 Å². The summed E-state index contributed by atoms with van der Waals surface area (Å²) in [5.74, 6) is 0.563. The molecule has 6 heteroatoms. The van der Waals surface area contributed by atoms with Gasteiger partial charge in [-0.3, -0.25) is 9.89 Å². The van der Waals surface area contributed by atoms with Gasteiger partial charge in [0.1, 0.15) is 11.4 Å². The van der Waals surface area contributed by atoms with E-state index < -0.39 is 6.10 Å². The monoisotopic (exact) mass is 331 g/mol. The Morgan fingerprint density at radius 2 is 2.04 bits per heavy atom. The van der Waals surface area contributed by atoms with Crippen LogP contribution in [0.1, 0.15) is 37.7 Å². The fourth-order valence-electron chi connectivity index (χ4n) is 2.63. The number of carbonyl (C=O) groups excluding carboxylic acids is 1. The van der Waals surface area contributed by atoms with E-state index in [2.05, 4.69) is 15.5 Å². The topological polar surface area (TPSA) is 87.2 Å². The summed E-state index contributed by atoms with van der Waals surface area (Å²) in [6.45, 7) is 6.25. The number of hydrogen-bond acceptors (Lipinski definition) is 4. The number of nitrogens with one attached hydrogen (secondary N) is 2. The number of ether oxygens (including phenoxy) is 1. The van der Waals surface area contributed by atoms with Gasteiger partial charge in [0.05, 0.1) is 18.9 Å². The number of nitrogens with zero attached hydrogens (tertiary/aromatic N) is 1. The van der Waals surface area contributed by atoms with E-state index in [1.54, 1.807) is 20.1 Å². The minimum atomic E-state index is -0.397. The van der Waals surface area contributed by atoms with Crippen LogP contribution in [0.2, 0.25) is 0 Å². The maximum atomic E-state index is 12.3. The number of carbonyl (C=O) groups is 1. The lowest BCUT2D eigenvalue weighted by molar-refractivity contribution is 0.0897. The summed E-state index contributed by atoms with van der Waals surface area (Å²) in [5.41, 5.74) is 1.84. The lowest BCUT2D eigenvalue weighted by Crippen LogP contribution is -2.35. The quantitative estimate of drug-likeness (QED) is 0.728. The van der Waals surface area contributed by atoms with Crippen LogP contribution < -0.4 is 10.1 Å². The summed E-state index contributed by atoms with van der Waals surface area (Å²) in [6.07, 6.45) is 0.221. The van der Waals surface area contributed by atoms with Gasteiger partial charge >= 0.3 is 0 Å². The molecule has 2 rings (SSSR count). The third kappa shape index (κ3) is 4.83. The molecule has 3 N–H and O–H groups in total. The van der Waals surface area contributed by atoms with Gasteiger partial charge in [-0.25, -0.2) is 0 Å². The number of benzene rings is 1. The van der Waals surface area contributed by atoms with Crippen LogP contribution in [0.5, 0.6) is 5.75 Å². The van der Waals surface area contributed by atoms with E-state index >= 15 is 0 Å². The van der Waals surface area contributed by atoms with E-state index in [0.717, 1.165) is 11.3 Å². The number of aromatic nitrogens is 2. The first-order chi connectivity index (χ1) is 11.3. The first-order valence-corrected chi connectivity index (χ1v) is 7.97. The average molecular weight is 331 g/mol. The zero-order valence-corrected chi connectivity index (χ0v) is 14.6. The van der Waals surface area contributed by atoms with Crippen molar-refractivity contribution in [3.05, 3.63) is 36.0 Å². The fraction of sp³-hybridized carbons (Fsp3) is 0.444. The van der Waals surface area contributed by atoms with Gasteiger partial charge in [0.15, 0.2) is 0 Å². The summed E-state index contributed by atoms with van der Waals surface area (Å²) in [6, 6.07) is 9.20. The minimum absolute atomic E-state index is 0.178. The molecule has 2 aromatic rings. The number of aliphatic hydroxyl groups is 1. The Hall–Kier alpha value is -2.34. The van der Waals surface area contributed by atoms with E-state index in [-0.39, 0.29) is 11.3 Å². The molecule has 0 spiro atoms. The van der Waals surface area contributed by atoms with Crippen LogP contribution in [0, 0.1) is 5.41 Å². The Balaban J connectivity index is 2.00. The normalized spacial score (nSPS) is 12.7. The molecule has 1 atom stereocenters. The number of aromatic amines is 1. The van der Waals surface area contributed by atoms with Crippen LogP contribution in [0.25, 0.3) is 11.3 Å². The van der Waals surface area contributed by atoms with Crippen LogP contribution in [0.15, 0.2) is 30.3 Å². The van der Waals surface area contributed by atoms with Crippen molar-refractivity contribution in [2.75, 3.05) is 13.7 Å². The first-order valence-electron chi connectivity index (χ1n) is 7.97. The van der Waals surface area contributed by atoms with Gasteiger partial charge in [-0.1, -0.05) is 13.8 Å². The number of methoxy groups -OCH3 is 1. The highest BCUT2D eigenvalue weighted by Gasteiger charge is 2.22. The van der Waals surface area contributed by atoms with Gasteiger partial charge in [0.2, 0.25) is 0 Å². The molecule has 1 aromatic carbocycles. The summed E-state index contributed by atoms with van der Waals surface area (Å²) >= 11 is 0. The Bertz CT molecular complexity index is 675. The van der Waals surface area contributed by atoms with Crippen LogP contribution >= 0.6 is 0 Å². The summed E-state index contributed by atoms with van der Waals surface area (Å²) in [5, 5.41) is 19.3. The Morgan fingerprint density at radius 1 is 1.38 bits per heavy atom. The van der Waals surface area contributed by atoms with Crippen molar-refractivity contribution in [3.8, 4) is 17.0 Å². The molecule has 0 fully saturated rings. The third-order valence-electron chi connectivity index (χ3n) is 3.78. The maximum Gasteiger partial charge on any atom is 0.269 e. The molecule has 1 heterocycles. The lowest BCUT2D eigenvalue weighted by atomic mass is 9.87. The number of hydrogen-bond donors (Lipinski definition) is 3. The second kappa shape index (κ2) is 7.49. The molecule has 0 radical (unpaired) electrons. The van der Waals surface area contributed by atoms with E-state index in [1.165, 1.54) is 0 Å². The summed E-state index contributed by atoms with van der Waals surface area (Å²) in [4.78, 5) is 12.3. The molecule has 0 aliphatic heterocycles. The molecule has 0 aliphatic carbocycles. The molecule has 1 aromatic heterocycles. The fourth-order valence-corrected chi connectivity index (χ4v) is 2.63. The lowest BCUT2D eigenvalue weighted by Gasteiger charge is -2.26. The molecular formula is C18H25N3O3. The van der Waals surface area contributed by atoms with Crippen molar-refractivity contribution >= 4 is 5.91 Å².